The molecule has 1 saturated heterocycles. The molecular formula is C18H26N2O4. The summed E-state index contributed by atoms with van der Waals surface area (Å²) in [5.41, 5.74) is 0.154. The van der Waals surface area contributed by atoms with E-state index in [1.807, 2.05) is 25.0 Å². The first kappa shape index (κ1) is 19.7. The smallest absolute Gasteiger partial charge is 0.329 e. The van der Waals surface area contributed by atoms with Gasteiger partial charge < -0.3 is 15.0 Å². The average Bonchev–Trinajstić information content (AvgIpc) is 2.74. The molecule has 0 saturated carbocycles. The number of nitrogens with zero attached hydrogens (tertiary/aromatic N) is 1. The van der Waals surface area contributed by atoms with Crippen molar-refractivity contribution in [1.29, 1.82) is 0 Å². The van der Waals surface area contributed by atoms with Gasteiger partial charge in [-0.15, -0.1) is 0 Å². The van der Waals surface area contributed by atoms with Crippen LogP contribution >= 0.6 is 0 Å². The van der Waals surface area contributed by atoms with Crippen LogP contribution < -0.4 is 5.32 Å². The molecule has 6 heteroatoms. The highest BCUT2D eigenvalue weighted by Gasteiger charge is 2.42. The molecule has 24 heavy (non-hydrogen) atoms. The van der Waals surface area contributed by atoms with Crippen LogP contribution in [0.15, 0.2) is 30.1 Å². The molecule has 1 rings (SSSR count). The lowest BCUT2D eigenvalue weighted by atomic mass is 10.0. The van der Waals surface area contributed by atoms with Gasteiger partial charge in [0.2, 0.25) is 5.91 Å². The Labute approximate surface area is 143 Å². The van der Waals surface area contributed by atoms with Crippen molar-refractivity contribution in [3.8, 4) is 0 Å². The lowest BCUT2D eigenvalue weighted by molar-refractivity contribution is -0.159. The highest BCUT2D eigenvalue weighted by atomic mass is 16.6. The molecule has 1 aliphatic rings. The molecular weight excluding hydrogens is 308 g/mol. The van der Waals surface area contributed by atoms with Crippen molar-refractivity contribution in [2.24, 2.45) is 5.92 Å². The number of rotatable bonds is 5. The molecule has 0 aromatic rings. The van der Waals surface area contributed by atoms with E-state index in [9.17, 15) is 14.4 Å². The largest absolute Gasteiger partial charge is 0.458 e. The number of hydrogen-bond donors (Lipinski definition) is 1. The Hall–Kier alpha value is -2.33. The summed E-state index contributed by atoms with van der Waals surface area (Å²) >= 11 is 0. The van der Waals surface area contributed by atoms with E-state index >= 15 is 0 Å². The molecule has 6 nitrogen and oxygen atoms in total. The Kier molecular flexibility index (Phi) is 6.55. The second kappa shape index (κ2) is 7.97. The molecule has 1 N–H and O–H groups in total. The summed E-state index contributed by atoms with van der Waals surface area (Å²) in [4.78, 5) is 36.8. The summed E-state index contributed by atoms with van der Waals surface area (Å²) in [7, 11) is 0. The van der Waals surface area contributed by atoms with E-state index in [0.717, 1.165) is 0 Å². The maximum absolute atomic E-state index is 12.5. The second-order valence-electron chi connectivity index (χ2n) is 6.82. The number of carbonyl (C=O) groups is 2. The van der Waals surface area contributed by atoms with Crippen LogP contribution in [0.1, 0.15) is 41.0 Å². The van der Waals surface area contributed by atoms with E-state index in [1.54, 1.807) is 25.7 Å². The number of esters is 1. The van der Waals surface area contributed by atoms with Gasteiger partial charge >= 0.3 is 5.97 Å². The fourth-order valence-corrected chi connectivity index (χ4v) is 2.68. The number of hydrogen-bond acceptors (Lipinski definition) is 5. The summed E-state index contributed by atoms with van der Waals surface area (Å²) in [6.45, 7) is 12.5. The van der Waals surface area contributed by atoms with Crippen molar-refractivity contribution in [3.63, 3.8) is 0 Å². The van der Waals surface area contributed by atoms with E-state index in [2.05, 4.69) is 11.9 Å². The Bertz CT molecular complexity index is 595. The predicted octanol–water partition coefficient (Wildman–Crippen LogP) is 1.96. The molecule has 1 heterocycles. The summed E-state index contributed by atoms with van der Waals surface area (Å²) in [5, 5.41) is 2.58. The Morgan fingerprint density at radius 1 is 1.46 bits per heavy atom. The molecule has 0 bridgehead atoms. The lowest BCUT2D eigenvalue weighted by Crippen LogP contribution is -2.42. The monoisotopic (exact) mass is 334 g/mol. The summed E-state index contributed by atoms with van der Waals surface area (Å²) < 4.78 is 5.47. The van der Waals surface area contributed by atoms with Crippen molar-refractivity contribution >= 4 is 17.8 Å². The summed E-state index contributed by atoms with van der Waals surface area (Å²) in [6, 6.07) is -0.618. The molecule has 2 atom stereocenters. The average molecular weight is 334 g/mol. The normalized spacial score (nSPS) is 20.9. The number of ether oxygens (including phenoxy) is 1. The summed E-state index contributed by atoms with van der Waals surface area (Å²) in [5.74, 6) is 1.06. The molecule has 1 fully saturated rings. The van der Waals surface area contributed by atoms with Crippen LogP contribution in [-0.2, 0) is 19.1 Å². The van der Waals surface area contributed by atoms with E-state index in [0.29, 0.717) is 17.8 Å². The number of likely N-dealkylation sites (tertiary alicyclic amines) is 1. The van der Waals surface area contributed by atoms with Crippen LogP contribution in [0.5, 0.6) is 0 Å². The number of nitrogens with one attached hydrogen (secondary N) is 1. The standard InChI is InChI=1S/C18H26N2O4/c1-7-8-14-9-15(17(23)24-18(4,5)6)20(16(14)11-21)10-12(2)19-13(3)22/h7-8,14-15H,2,9-10H2,1,3-6H3,(H,19,22)/b8-7-. The topological polar surface area (TPSA) is 75.7 Å². The third-order valence-electron chi connectivity index (χ3n) is 3.44. The lowest BCUT2D eigenvalue weighted by Gasteiger charge is -2.29. The Balaban J connectivity index is 3.08. The van der Waals surface area contributed by atoms with Gasteiger partial charge in [-0.3, -0.25) is 4.79 Å². The zero-order valence-electron chi connectivity index (χ0n) is 15.0. The van der Waals surface area contributed by atoms with Gasteiger partial charge in [-0.1, -0.05) is 18.7 Å². The maximum atomic E-state index is 12.5. The van der Waals surface area contributed by atoms with Gasteiger partial charge in [0.15, 0.2) is 0 Å². The molecule has 1 amide bonds. The van der Waals surface area contributed by atoms with Gasteiger partial charge in [-0.25, -0.2) is 9.59 Å². The zero-order valence-corrected chi connectivity index (χ0v) is 15.0. The predicted molar refractivity (Wildman–Crippen MR) is 91.4 cm³/mol. The minimum absolute atomic E-state index is 0.155. The SMILES string of the molecule is C=C(CN1C(=C=O)C(/C=C\C)CC1C(=O)OC(C)(C)C)NC(C)=O. The first-order chi connectivity index (χ1) is 11.1. The molecule has 0 radical (unpaired) electrons. The van der Waals surface area contributed by atoms with Crippen molar-refractivity contribution in [2.75, 3.05) is 6.54 Å². The van der Waals surface area contributed by atoms with Crippen LogP contribution in [0.3, 0.4) is 0 Å². The van der Waals surface area contributed by atoms with E-state index in [-0.39, 0.29) is 18.4 Å². The molecule has 0 aliphatic carbocycles. The number of allylic oxidation sites excluding steroid dienone is 2. The minimum atomic E-state index is -0.624. The van der Waals surface area contributed by atoms with Crippen molar-refractivity contribution in [2.45, 2.75) is 52.7 Å². The van der Waals surface area contributed by atoms with Crippen LogP contribution in [0.2, 0.25) is 0 Å². The zero-order chi connectivity index (χ0) is 18.5. The molecule has 2 unspecified atom stereocenters. The Morgan fingerprint density at radius 2 is 2.08 bits per heavy atom. The number of amides is 1. The third-order valence-corrected chi connectivity index (χ3v) is 3.44. The van der Waals surface area contributed by atoms with Gasteiger partial charge in [0.1, 0.15) is 23.3 Å². The van der Waals surface area contributed by atoms with Crippen LogP contribution in [0, 0.1) is 5.92 Å². The molecule has 132 valence electrons. The third kappa shape index (κ3) is 5.39. The molecule has 1 aliphatic heterocycles. The van der Waals surface area contributed by atoms with Gasteiger partial charge in [0, 0.05) is 18.5 Å². The van der Waals surface area contributed by atoms with Crippen molar-refractivity contribution in [1.82, 2.24) is 10.2 Å². The van der Waals surface area contributed by atoms with Crippen LogP contribution in [0.25, 0.3) is 0 Å². The second-order valence-corrected chi connectivity index (χ2v) is 6.82. The first-order valence-electron chi connectivity index (χ1n) is 7.91. The van der Waals surface area contributed by atoms with E-state index < -0.39 is 17.6 Å². The van der Waals surface area contributed by atoms with Crippen LogP contribution in [-0.4, -0.2) is 40.9 Å². The highest BCUT2D eigenvalue weighted by molar-refractivity contribution is 5.79. The highest BCUT2D eigenvalue weighted by Crippen LogP contribution is 2.34. The fraction of sp³-hybridized carbons (Fsp3) is 0.556. The van der Waals surface area contributed by atoms with E-state index in [1.165, 1.54) is 6.92 Å². The van der Waals surface area contributed by atoms with Gasteiger partial charge in [-0.2, -0.15) is 0 Å². The maximum Gasteiger partial charge on any atom is 0.329 e. The molecule has 0 spiro atoms. The number of carbonyl (C=O) groups excluding carboxylic acids is 3. The Morgan fingerprint density at radius 3 is 2.54 bits per heavy atom. The van der Waals surface area contributed by atoms with Gasteiger partial charge in [0.05, 0.1) is 6.54 Å². The van der Waals surface area contributed by atoms with Gasteiger partial charge in [-0.05, 0) is 34.1 Å². The summed E-state index contributed by atoms with van der Waals surface area (Å²) in [6.07, 6.45) is 4.12. The van der Waals surface area contributed by atoms with Crippen LogP contribution in [0.4, 0.5) is 0 Å². The first-order valence-corrected chi connectivity index (χ1v) is 7.91. The van der Waals surface area contributed by atoms with Gasteiger partial charge in [0.25, 0.3) is 0 Å². The minimum Gasteiger partial charge on any atom is -0.458 e. The van der Waals surface area contributed by atoms with Crippen molar-refractivity contribution < 1.29 is 19.1 Å². The molecule has 0 aromatic heterocycles. The molecule has 0 aromatic carbocycles. The quantitative estimate of drug-likeness (QED) is 0.472. The van der Waals surface area contributed by atoms with E-state index in [4.69, 9.17) is 4.74 Å². The fourth-order valence-electron chi connectivity index (χ4n) is 2.68. The van der Waals surface area contributed by atoms with Crippen molar-refractivity contribution in [3.05, 3.63) is 30.1 Å².